The van der Waals surface area contributed by atoms with Crippen molar-refractivity contribution < 1.29 is 0 Å². The molecule has 0 saturated carbocycles. The van der Waals surface area contributed by atoms with E-state index in [1.54, 1.807) is 0 Å². The first-order valence-electron chi connectivity index (χ1n) is 14.5. The minimum Gasteiger partial charge on any atom is -0.0888 e. The zero-order valence-electron chi connectivity index (χ0n) is 22.9. The van der Waals surface area contributed by atoms with Crippen LogP contribution in [0.4, 0.5) is 0 Å². The molecule has 0 saturated heterocycles. The van der Waals surface area contributed by atoms with Crippen molar-refractivity contribution in [2.24, 2.45) is 0 Å². The molecule has 7 aromatic carbocycles. The molecule has 0 bridgehead atoms. The third-order valence-electron chi connectivity index (χ3n) is 9.13. The summed E-state index contributed by atoms with van der Waals surface area (Å²) in [6, 6.07) is 58.5. The van der Waals surface area contributed by atoms with E-state index in [9.17, 15) is 0 Å². The fourth-order valence-corrected chi connectivity index (χ4v) is 8.57. The molecule has 1 heteroatoms. The van der Waals surface area contributed by atoms with E-state index < -0.39 is 5.41 Å². The Labute approximate surface area is 250 Å². The van der Waals surface area contributed by atoms with Crippen LogP contribution in [0, 0.1) is 0 Å². The van der Waals surface area contributed by atoms with E-state index in [0.717, 1.165) is 0 Å². The van der Waals surface area contributed by atoms with E-state index in [2.05, 4.69) is 158 Å². The van der Waals surface area contributed by atoms with Crippen molar-refractivity contribution in [2.75, 3.05) is 0 Å². The Kier molecular flexibility index (Phi) is 5.15. The first kappa shape index (κ1) is 23.8. The third-order valence-corrected chi connectivity index (χ3v) is 10.2. The Morgan fingerprint density at radius 1 is 0.381 bits per heavy atom. The average Bonchev–Trinajstić information content (AvgIpc) is 3.36. The monoisotopic (exact) mass is 550 g/mol. The maximum absolute atomic E-state index is 2.47. The molecular formula is C41H26S. The number of rotatable bonds is 3. The van der Waals surface area contributed by atoms with Crippen LogP contribution in [0.3, 0.4) is 0 Å². The van der Waals surface area contributed by atoms with Gasteiger partial charge in [0.05, 0.1) is 5.41 Å². The molecule has 0 radical (unpaired) electrons. The average molecular weight is 551 g/mol. The Morgan fingerprint density at radius 3 is 1.81 bits per heavy atom. The number of hydrogen-bond donors (Lipinski definition) is 0. The molecule has 0 fully saturated rings. The van der Waals surface area contributed by atoms with Crippen LogP contribution in [0.1, 0.15) is 22.3 Å². The first-order chi connectivity index (χ1) is 20.8. The van der Waals surface area contributed by atoms with E-state index >= 15 is 0 Å². The van der Waals surface area contributed by atoms with Gasteiger partial charge in [-0.25, -0.2) is 0 Å². The highest BCUT2D eigenvalue weighted by Gasteiger charge is 2.46. The summed E-state index contributed by atoms with van der Waals surface area (Å²) in [5.74, 6) is 0. The smallest absolute Gasteiger partial charge is 0.0713 e. The molecule has 0 spiro atoms. The lowest BCUT2D eigenvalue weighted by Gasteiger charge is -2.34. The largest absolute Gasteiger partial charge is 0.0888 e. The molecule has 0 nitrogen and oxygen atoms in total. The zero-order chi connectivity index (χ0) is 27.7. The molecule has 0 aromatic heterocycles. The highest BCUT2D eigenvalue weighted by Crippen LogP contribution is 2.57. The molecule has 1 aliphatic carbocycles. The van der Waals surface area contributed by atoms with Crippen LogP contribution in [0.2, 0.25) is 0 Å². The van der Waals surface area contributed by atoms with Crippen LogP contribution in [-0.2, 0) is 5.41 Å². The standard InChI is InChI=1S/C41H26S/c1-3-13-30(14-4-1)41(31-15-5-2-6-16-31)36-20-9-7-17-32(36)33-23-22-27(25-37(33)41)29-24-28-12-11-19-35-34-18-8-10-21-38(34)42-39(26-29)40(28)35/h1-26H. The first-order valence-corrected chi connectivity index (χ1v) is 15.3. The summed E-state index contributed by atoms with van der Waals surface area (Å²) in [5, 5.41) is 2.66. The summed E-state index contributed by atoms with van der Waals surface area (Å²) < 4.78 is 0. The normalized spacial score (nSPS) is 13.8. The van der Waals surface area contributed by atoms with Crippen molar-refractivity contribution in [1.82, 2.24) is 0 Å². The highest BCUT2D eigenvalue weighted by atomic mass is 32.2. The Morgan fingerprint density at radius 2 is 1.02 bits per heavy atom. The fourth-order valence-electron chi connectivity index (χ4n) is 7.38. The molecule has 0 unspecified atom stereocenters. The van der Waals surface area contributed by atoms with Crippen LogP contribution in [0.25, 0.3) is 44.2 Å². The highest BCUT2D eigenvalue weighted by molar-refractivity contribution is 7.99. The topological polar surface area (TPSA) is 0 Å². The van der Waals surface area contributed by atoms with Crippen molar-refractivity contribution in [3.63, 3.8) is 0 Å². The predicted octanol–water partition coefficient (Wildman–Crippen LogP) is 11.0. The molecule has 1 heterocycles. The maximum atomic E-state index is 2.47. The molecule has 42 heavy (non-hydrogen) atoms. The van der Waals surface area contributed by atoms with Crippen LogP contribution in [0.15, 0.2) is 168 Å². The van der Waals surface area contributed by atoms with E-state index in [1.807, 2.05) is 11.8 Å². The number of hydrogen-bond acceptors (Lipinski definition) is 1. The second-order valence-electron chi connectivity index (χ2n) is 11.3. The van der Waals surface area contributed by atoms with Gasteiger partial charge >= 0.3 is 0 Å². The molecule has 0 amide bonds. The SMILES string of the molecule is c1ccc(C2(c3ccccc3)c3ccccc3-c3ccc(-c4cc5c6c(cccc6c4)-c4ccccc4S5)cc32)cc1. The van der Waals surface area contributed by atoms with Crippen molar-refractivity contribution >= 4 is 22.5 Å². The Hall–Kier alpha value is -4.85. The van der Waals surface area contributed by atoms with Gasteiger partial charge in [-0.2, -0.15) is 0 Å². The fraction of sp³-hybridized carbons (Fsp3) is 0.0244. The van der Waals surface area contributed by atoms with Gasteiger partial charge in [0.15, 0.2) is 0 Å². The van der Waals surface area contributed by atoms with Crippen molar-refractivity contribution in [3.8, 4) is 33.4 Å². The second kappa shape index (κ2) is 9.08. The summed E-state index contributed by atoms with van der Waals surface area (Å²) in [6.07, 6.45) is 0. The van der Waals surface area contributed by atoms with Crippen LogP contribution in [0.5, 0.6) is 0 Å². The van der Waals surface area contributed by atoms with Crippen molar-refractivity contribution in [1.29, 1.82) is 0 Å². The van der Waals surface area contributed by atoms with Gasteiger partial charge in [0, 0.05) is 15.2 Å². The number of benzene rings is 7. The molecule has 1 aliphatic heterocycles. The molecule has 7 aromatic rings. The second-order valence-corrected chi connectivity index (χ2v) is 12.3. The van der Waals surface area contributed by atoms with Gasteiger partial charge in [-0.3, -0.25) is 0 Å². The van der Waals surface area contributed by atoms with Gasteiger partial charge in [-0.1, -0.05) is 145 Å². The molecule has 0 atom stereocenters. The van der Waals surface area contributed by atoms with Gasteiger partial charge in [0.25, 0.3) is 0 Å². The molecule has 9 rings (SSSR count). The van der Waals surface area contributed by atoms with Gasteiger partial charge < -0.3 is 0 Å². The summed E-state index contributed by atoms with van der Waals surface area (Å²) in [4.78, 5) is 2.66. The van der Waals surface area contributed by atoms with Crippen LogP contribution >= 0.6 is 11.8 Å². The van der Waals surface area contributed by atoms with E-state index in [4.69, 9.17) is 0 Å². The quantitative estimate of drug-likeness (QED) is 0.211. The lowest BCUT2D eigenvalue weighted by atomic mass is 9.67. The molecular weight excluding hydrogens is 525 g/mol. The summed E-state index contributed by atoms with van der Waals surface area (Å²) in [5.41, 5.74) is 12.7. The minimum absolute atomic E-state index is 0.392. The zero-order valence-corrected chi connectivity index (χ0v) is 23.7. The van der Waals surface area contributed by atoms with Crippen LogP contribution in [-0.4, -0.2) is 0 Å². The lowest BCUT2D eigenvalue weighted by Crippen LogP contribution is -2.28. The van der Waals surface area contributed by atoms with E-state index in [0.29, 0.717) is 0 Å². The molecule has 2 aliphatic rings. The van der Waals surface area contributed by atoms with E-state index in [-0.39, 0.29) is 0 Å². The van der Waals surface area contributed by atoms with E-state index in [1.165, 1.54) is 76.2 Å². The summed E-state index contributed by atoms with van der Waals surface area (Å²) >= 11 is 1.89. The van der Waals surface area contributed by atoms with Crippen molar-refractivity contribution in [2.45, 2.75) is 15.2 Å². The Bertz CT molecular complexity index is 2120. The predicted molar refractivity (Wildman–Crippen MR) is 176 cm³/mol. The number of fused-ring (bicyclic) bond motifs is 5. The summed E-state index contributed by atoms with van der Waals surface area (Å²) in [6.45, 7) is 0. The van der Waals surface area contributed by atoms with Gasteiger partial charge in [-0.05, 0) is 85.3 Å². The Balaban J connectivity index is 1.31. The van der Waals surface area contributed by atoms with Gasteiger partial charge in [0.2, 0.25) is 0 Å². The minimum atomic E-state index is -0.392. The van der Waals surface area contributed by atoms with Crippen LogP contribution < -0.4 is 0 Å². The maximum Gasteiger partial charge on any atom is 0.0713 e. The third kappa shape index (κ3) is 3.26. The molecule has 0 N–H and O–H groups in total. The summed E-state index contributed by atoms with van der Waals surface area (Å²) in [7, 11) is 0. The lowest BCUT2D eigenvalue weighted by molar-refractivity contribution is 0.769. The molecule has 196 valence electrons. The van der Waals surface area contributed by atoms with Gasteiger partial charge in [-0.15, -0.1) is 0 Å². The van der Waals surface area contributed by atoms with Gasteiger partial charge in [0.1, 0.15) is 0 Å². The van der Waals surface area contributed by atoms with Crippen molar-refractivity contribution in [3.05, 3.63) is 180 Å².